The number of hydrogen-bond acceptors (Lipinski definition) is 5. The van der Waals surface area contributed by atoms with E-state index in [0.717, 1.165) is 0 Å². The number of rotatable bonds is 6. The van der Waals surface area contributed by atoms with E-state index in [1.54, 1.807) is 37.4 Å². The van der Waals surface area contributed by atoms with E-state index in [4.69, 9.17) is 16.9 Å². The van der Waals surface area contributed by atoms with Crippen LogP contribution in [0.1, 0.15) is 5.56 Å². The van der Waals surface area contributed by atoms with Gasteiger partial charge in [-0.05, 0) is 12.1 Å². The van der Waals surface area contributed by atoms with Crippen molar-refractivity contribution >= 4 is 34.6 Å². The maximum Gasteiger partial charge on any atom is 0.270 e. The predicted octanol–water partition coefficient (Wildman–Crippen LogP) is 3.68. The summed E-state index contributed by atoms with van der Waals surface area (Å²) in [6.45, 7) is -0.0680. The average Bonchev–Trinajstić information content (AvgIpc) is 2.61. The second kappa shape index (κ2) is 8.65. The molecule has 2 aromatic carbocycles. The van der Waals surface area contributed by atoms with E-state index in [1.807, 2.05) is 6.07 Å². The van der Waals surface area contributed by atoms with Gasteiger partial charge in [0.15, 0.2) is 0 Å². The Kier molecular flexibility index (Phi) is 6.31. The lowest BCUT2D eigenvalue weighted by molar-refractivity contribution is -0.384. The van der Waals surface area contributed by atoms with Gasteiger partial charge in [-0.1, -0.05) is 35.9 Å². The fraction of sp³-hybridized carbons (Fsp3) is 0.111. The SMILES string of the molecule is CN(CC(=O)Nc1ccccc1Cl)/C(=C/C#N)c1cccc([N+](=O)[O-])c1. The fourth-order valence-corrected chi connectivity index (χ4v) is 2.49. The summed E-state index contributed by atoms with van der Waals surface area (Å²) in [5.41, 5.74) is 1.24. The Morgan fingerprint density at radius 3 is 2.73 bits per heavy atom. The Hall–Kier alpha value is -3.37. The number of hydrogen-bond donors (Lipinski definition) is 1. The monoisotopic (exact) mass is 370 g/mol. The second-order valence-electron chi connectivity index (χ2n) is 5.35. The van der Waals surface area contributed by atoms with E-state index in [0.29, 0.717) is 22.0 Å². The van der Waals surface area contributed by atoms with E-state index >= 15 is 0 Å². The number of non-ortho nitro benzene ring substituents is 1. The van der Waals surface area contributed by atoms with Gasteiger partial charge in [-0.15, -0.1) is 0 Å². The van der Waals surface area contributed by atoms with Crippen molar-refractivity contribution in [3.8, 4) is 6.07 Å². The number of allylic oxidation sites excluding steroid dienone is 1. The molecule has 2 aromatic rings. The van der Waals surface area contributed by atoms with Gasteiger partial charge in [0.25, 0.3) is 5.69 Å². The van der Waals surface area contributed by atoms with E-state index < -0.39 is 4.92 Å². The van der Waals surface area contributed by atoms with Gasteiger partial charge >= 0.3 is 0 Å². The highest BCUT2D eigenvalue weighted by molar-refractivity contribution is 6.33. The zero-order valence-corrected chi connectivity index (χ0v) is 14.6. The summed E-state index contributed by atoms with van der Waals surface area (Å²) in [7, 11) is 1.62. The van der Waals surface area contributed by atoms with Crippen LogP contribution >= 0.6 is 11.6 Å². The van der Waals surface area contributed by atoms with Gasteiger partial charge < -0.3 is 10.2 Å². The quantitative estimate of drug-likeness (QED) is 0.475. The molecule has 0 atom stereocenters. The number of likely N-dealkylation sites (N-methyl/N-ethyl adjacent to an activating group) is 1. The molecule has 8 heteroatoms. The van der Waals surface area contributed by atoms with Crippen molar-refractivity contribution in [2.24, 2.45) is 0 Å². The summed E-state index contributed by atoms with van der Waals surface area (Å²) in [6.07, 6.45) is 1.24. The van der Waals surface area contributed by atoms with Crippen molar-refractivity contribution in [1.29, 1.82) is 5.26 Å². The molecule has 0 aliphatic carbocycles. The number of nitriles is 1. The molecule has 0 aromatic heterocycles. The van der Waals surface area contributed by atoms with Gasteiger partial charge in [0.2, 0.25) is 5.91 Å². The zero-order valence-electron chi connectivity index (χ0n) is 13.8. The highest BCUT2D eigenvalue weighted by Gasteiger charge is 2.15. The average molecular weight is 371 g/mol. The van der Waals surface area contributed by atoms with Crippen LogP contribution in [-0.2, 0) is 4.79 Å². The summed E-state index contributed by atoms with van der Waals surface area (Å²) < 4.78 is 0. The van der Waals surface area contributed by atoms with E-state index in [-0.39, 0.29) is 18.1 Å². The number of nitrogens with zero attached hydrogens (tertiary/aromatic N) is 3. The van der Waals surface area contributed by atoms with E-state index in [2.05, 4.69) is 5.32 Å². The number of carbonyl (C=O) groups excluding carboxylic acids is 1. The van der Waals surface area contributed by atoms with Crippen molar-refractivity contribution in [2.45, 2.75) is 0 Å². The first-order valence-corrected chi connectivity index (χ1v) is 7.90. The standard InChI is InChI=1S/C18H15ClN4O3/c1-22(12-18(24)21-16-8-3-2-7-15(16)19)17(9-10-20)13-5-4-6-14(11-13)23(25)26/h2-9,11H,12H2,1H3,(H,21,24)/b17-9+. The molecule has 0 aliphatic heterocycles. The Labute approximate surface area is 155 Å². The van der Waals surface area contributed by atoms with Crippen LogP contribution in [0, 0.1) is 21.4 Å². The summed E-state index contributed by atoms with van der Waals surface area (Å²) in [4.78, 5) is 24.2. The predicted molar refractivity (Wildman–Crippen MR) is 99.4 cm³/mol. The minimum absolute atomic E-state index is 0.0680. The van der Waals surface area contributed by atoms with Gasteiger partial charge in [0, 0.05) is 30.8 Å². The molecule has 7 nitrogen and oxygen atoms in total. The number of nitro benzene ring substituents is 1. The summed E-state index contributed by atoms with van der Waals surface area (Å²) >= 11 is 6.01. The fourth-order valence-electron chi connectivity index (χ4n) is 2.31. The van der Waals surface area contributed by atoms with Gasteiger partial charge in [-0.3, -0.25) is 14.9 Å². The second-order valence-corrected chi connectivity index (χ2v) is 5.76. The largest absolute Gasteiger partial charge is 0.364 e. The Morgan fingerprint density at radius 1 is 1.35 bits per heavy atom. The molecule has 0 spiro atoms. The van der Waals surface area contributed by atoms with Crippen LogP contribution in [0.2, 0.25) is 5.02 Å². The number of para-hydroxylation sites is 1. The van der Waals surface area contributed by atoms with Crippen molar-refractivity contribution in [3.63, 3.8) is 0 Å². The van der Waals surface area contributed by atoms with Crippen molar-refractivity contribution in [3.05, 3.63) is 75.3 Å². The van der Waals surface area contributed by atoms with E-state index in [9.17, 15) is 14.9 Å². The molecular weight excluding hydrogens is 356 g/mol. The number of carbonyl (C=O) groups is 1. The van der Waals surface area contributed by atoms with Crippen molar-refractivity contribution < 1.29 is 9.72 Å². The lowest BCUT2D eigenvalue weighted by atomic mass is 10.1. The lowest BCUT2D eigenvalue weighted by Gasteiger charge is -2.22. The number of nitrogens with one attached hydrogen (secondary N) is 1. The summed E-state index contributed by atoms with van der Waals surface area (Å²) in [5.74, 6) is -0.338. The molecule has 2 rings (SSSR count). The molecule has 132 valence electrons. The van der Waals surface area contributed by atoms with Crippen LogP contribution in [0.3, 0.4) is 0 Å². The molecule has 0 bridgehead atoms. The Morgan fingerprint density at radius 2 is 2.08 bits per heavy atom. The van der Waals surface area contributed by atoms with Crippen LogP contribution < -0.4 is 5.32 Å². The third kappa shape index (κ3) is 4.82. The van der Waals surface area contributed by atoms with Crippen LogP contribution in [0.15, 0.2) is 54.6 Å². The van der Waals surface area contributed by atoms with Crippen molar-refractivity contribution in [2.75, 3.05) is 18.9 Å². The lowest BCUT2D eigenvalue weighted by Crippen LogP contribution is -2.29. The normalized spacial score (nSPS) is 10.7. The molecule has 1 amide bonds. The molecule has 0 aliphatic rings. The number of anilines is 1. The minimum atomic E-state index is -0.516. The molecule has 0 heterocycles. The summed E-state index contributed by atoms with van der Waals surface area (Å²) in [5, 5.41) is 23.1. The number of nitro groups is 1. The molecule has 0 fully saturated rings. The maximum absolute atomic E-state index is 12.3. The van der Waals surface area contributed by atoms with Gasteiger partial charge in [0.1, 0.15) is 0 Å². The molecule has 1 N–H and O–H groups in total. The third-order valence-electron chi connectivity index (χ3n) is 3.49. The molecule has 0 unspecified atom stereocenters. The van der Waals surface area contributed by atoms with Crippen LogP contribution in [-0.4, -0.2) is 29.3 Å². The Balaban J connectivity index is 2.18. The first kappa shape index (κ1) is 19.0. The van der Waals surface area contributed by atoms with Crippen LogP contribution in [0.25, 0.3) is 5.70 Å². The molecule has 0 saturated heterocycles. The molecule has 0 saturated carbocycles. The maximum atomic E-state index is 12.3. The smallest absolute Gasteiger partial charge is 0.270 e. The highest BCUT2D eigenvalue weighted by atomic mass is 35.5. The van der Waals surface area contributed by atoms with Gasteiger partial charge in [0.05, 0.1) is 33.9 Å². The summed E-state index contributed by atoms with van der Waals surface area (Å²) in [6, 6.07) is 14.6. The molecule has 26 heavy (non-hydrogen) atoms. The molecular formula is C18H15ClN4O3. The van der Waals surface area contributed by atoms with Gasteiger partial charge in [-0.25, -0.2) is 0 Å². The van der Waals surface area contributed by atoms with Gasteiger partial charge in [-0.2, -0.15) is 5.26 Å². The van der Waals surface area contributed by atoms with Crippen LogP contribution in [0.4, 0.5) is 11.4 Å². The minimum Gasteiger partial charge on any atom is -0.364 e. The number of benzene rings is 2. The van der Waals surface area contributed by atoms with Crippen molar-refractivity contribution in [1.82, 2.24) is 4.90 Å². The topological polar surface area (TPSA) is 99.3 Å². The number of halogens is 1. The Bertz CT molecular complexity index is 905. The first-order chi connectivity index (χ1) is 12.4. The molecule has 0 radical (unpaired) electrons. The number of amides is 1. The third-order valence-corrected chi connectivity index (χ3v) is 3.82. The van der Waals surface area contributed by atoms with Crippen LogP contribution in [0.5, 0.6) is 0 Å². The highest BCUT2D eigenvalue weighted by Crippen LogP contribution is 2.23. The zero-order chi connectivity index (χ0) is 19.1. The van der Waals surface area contributed by atoms with E-state index in [1.165, 1.54) is 29.2 Å². The first-order valence-electron chi connectivity index (χ1n) is 7.52.